The van der Waals surface area contributed by atoms with E-state index in [0.29, 0.717) is 0 Å². The molecule has 2 aliphatic rings. The largest absolute Gasteiger partial charge is 0.310 e. The van der Waals surface area contributed by atoms with E-state index < -0.39 is 0 Å². The summed E-state index contributed by atoms with van der Waals surface area (Å²) in [4.78, 5) is 5.53. The quantitative estimate of drug-likeness (QED) is 0.127. The molecule has 0 amide bonds. The highest BCUT2D eigenvalue weighted by Crippen LogP contribution is 2.57. The second-order valence-corrected chi connectivity index (χ2v) is 39.8. The Labute approximate surface area is 705 Å². The van der Waals surface area contributed by atoms with Crippen molar-refractivity contribution in [2.75, 3.05) is 9.80 Å². The van der Waals surface area contributed by atoms with Crippen LogP contribution in [0.25, 0.3) is 122 Å². The van der Waals surface area contributed by atoms with E-state index >= 15 is 0 Å². The molecule has 5 heteroatoms. The minimum atomic E-state index is -0.325. The van der Waals surface area contributed by atoms with E-state index in [1.807, 2.05) is 0 Å². The lowest BCUT2D eigenvalue weighted by Gasteiger charge is -2.46. The molecule has 17 aromatic rings. The van der Waals surface area contributed by atoms with Crippen molar-refractivity contribution in [1.82, 2.24) is 9.13 Å². The normalized spacial score (nSPS) is 13.2. The van der Waals surface area contributed by atoms with Gasteiger partial charge in [0.2, 0.25) is 0 Å². The minimum Gasteiger partial charge on any atom is -0.310 e. The fourth-order valence-electron chi connectivity index (χ4n) is 18.9. The van der Waals surface area contributed by atoms with Crippen molar-refractivity contribution < 1.29 is 0 Å². The van der Waals surface area contributed by atoms with Crippen LogP contribution in [-0.2, 0) is 32.5 Å². The molecule has 0 radical (unpaired) electrons. The molecule has 0 aliphatic carbocycles. The number of aromatic nitrogens is 2. The van der Waals surface area contributed by atoms with Crippen molar-refractivity contribution >= 4 is 101 Å². The Hall–Kier alpha value is -12.4. The number of fused-ring (bicyclic) bond motifs is 10. The van der Waals surface area contributed by atoms with Crippen LogP contribution in [-0.4, -0.2) is 15.8 Å². The van der Waals surface area contributed by atoms with E-state index in [1.54, 1.807) is 0 Å². The Morgan fingerprint density at radius 1 is 0.210 bits per heavy atom. The molecule has 119 heavy (non-hydrogen) atoms. The topological polar surface area (TPSA) is 16.3 Å². The van der Waals surface area contributed by atoms with Crippen LogP contribution in [0.5, 0.6) is 0 Å². The van der Waals surface area contributed by atoms with Gasteiger partial charge < -0.3 is 18.9 Å². The Balaban J connectivity index is 1.04. The highest BCUT2D eigenvalue weighted by atomic mass is 15.2. The van der Waals surface area contributed by atoms with Gasteiger partial charge in [-0.2, -0.15) is 0 Å². The first-order valence-corrected chi connectivity index (χ1v) is 42.8. The van der Waals surface area contributed by atoms with Gasteiger partial charge in [-0.05, 0) is 230 Å². The van der Waals surface area contributed by atoms with Crippen LogP contribution in [0, 0.1) is 0 Å². The van der Waals surface area contributed by atoms with Crippen molar-refractivity contribution in [3.63, 3.8) is 0 Å². The smallest absolute Gasteiger partial charge is 0.252 e. The number of hydrogen-bond donors (Lipinski definition) is 0. The van der Waals surface area contributed by atoms with Crippen LogP contribution in [0.4, 0.5) is 34.1 Å². The van der Waals surface area contributed by atoms with Gasteiger partial charge in [-0.3, -0.25) is 0 Å². The average Bonchev–Trinajstić information content (AvgIpc) is 0.727. The van der Waals surface area contributed by atoms with E-state index in [-0.39, 0.29) is 39.2 Å². The third-order valence-electron chi connectivity index (χ3n) is 25.6. The molecule has 0 saturated heterocycles. The molecule has 0 unspecified atom stereocenters. The van der Waals surface area contributed by atoms with Crippen molar-refractivity contribution in [3.8, 4) is 78.1 Å². The average molecular weight is 1540 g/mol. The number of nitrogens with zero attached hydrogens (tertiary/aromatic N) is 4. The van der Waals surface area contributed by atoms with Gasteiger partial charge in [0.05, 0.1) is 33.4 Å². The molecule has 0 bridgehead atoms. The van der Waals surface area contributed by atoms with E-state index in [4.69, 9.17) is 0 Å². The fourth-order valence-corrected chi connectivity index (χ4v) is 18.9. The Morgan fingerprint density at radius 2 is 0.605 bits per heavy atom. The number of rotatable bonds is 10. The Morgan fingerprint density at radius 3 is 1.06 bits per heavy atom. The van der Waals surface area contributed by atoms with Crippen LogP contribution in [0.3, 0.4) is 0 Å². The number of anilines is 6. The van der Waals surface area contributed by atoms with Crippen LogP contribution in [0.2, 0.25) is 0 Å². The van der Waals surface area contributed by atoms with E-state index in [9.17, 15) is 0 Å². The lowest BCUT2D eigenvalue weighted by Crippen LogP contribution is -2.61. The Bertz CT molecular complexity index is 6650. The maximum Gasteiger partial charge on any atom is 0.252 e. The maximum atomic E-state index is 2.78. The lowest BCUT2D eigenvalue weighted by atomic mass is 9.33. The summed E-state index contributed by atoms with van der Waals surface area (Å²) in [6.07, 6.45) is 0. The second kappa shape index (κ2) is 28.1. The van der Waals surface area contributed by atoms with E-state index in [1.165, 1.54) is 93.5 Å². The van der Waals surface area contributed by atoms with Gasteiger partial charge in [0.15, 0.2) is 0 Å². The third kappa shape index (κ3) is 13.2. The van der Waals surface area contributed by atoms with Crippen molar-refractivity contribution in [2.45, 2.75) is 157 Å². The first-order valence-electron chi connectivity index (χ1n) is 42.8. The zero-order chi connectivity index (χ0) is 82.7. The monoisotopic (exact) mass is 1540 g/mol. The molecular weight excluding hydrogens is 1440 g/mol. The maximum absolute atomic E-state index is 2.78. The van der Waals surface area contributed by atoms with E-state index in [0.717, 1.165) is 112 Å². The highest BCUT2D eigenvalue weighted by molar-refractivity contribution is 7.00. The zero-order valence-electron chi connectivity index (χ0n) is 72.5. The van der Waals surface area contributed by atoms with Gasteiger partial charge in [0, 0.05) is 77.9 Å². The summed E-state index contributed by atoms with van der Waals surface area (Å²) < 4.78 is 5.06. The van der Waals surface area contributed by atoms with Crippen LogP contribution in [0.15, 0.2) is 322 Å². The van der Waals surface area contributed by atoms with Crippen LogP contribution in [0.1, 0.15) is 158 Å². The standard InChI is InChI=1S/C114H107BN4/c1-109(2,3)79-52-57-98-93(65-79)94-66-80(110(4,5)6)53-58-99(94)117(98)86-54-55-95-102(71-86)119(108-91(74-41-28-21-29-42-74)69-84(114(16,17)18)70-92(108)75-43-30-22-31-44-75)104-63-78(87-48-36-50-101-105(87)88-47-34-35-49-97(88)116(101)85-45-32-23-33-46-85)62-103-106(104)115(95)96-61-76(77-59-81(111(7,8)9)64-82(60-77)112(10,11)12)51-56-100(96)118(103)107-89(72-37-24-19-25-38-72)67-83(113(13,14)15)68-90(107)73-39-26-20-27-40-73/h19-71H,1-18H3. The first-order chi connectivity index (χ1) is 56.8. The summed E-state index contributed by atoms with van der Waals surface area (Å²) in [5.74, 6) is 0. The fraction of sp³-hybridized carbons (Fsp3) is 0.211. The zero-order valence-corrected chi connectivity index (χ0v) is 72.5. The summed E-state index contributed by atoms with van der Waals surface area (Å²) in [5, 5.41) is 4.90. The molecule has 15 aromatic carbocycles. The molecule has 0 atom stereocenters. The minimum absolute atomic E-state index is 0.0836. The molecule has 2 aromatic heterocycles. The molecule has 4 heterocycles. The van der Waals surface area contributed by atoms with Gasteiger partial charge in [-0.1, -0.05) is 343 Å². The number of para-hydroxylation sites is 2. The summed E-state index contributed by atoms with van der Waals surface area (Å²) in [6.45, 7) is 42.2. The van der Waals surface area contributed by atoms with Gasteiger partial charge in [0.25, 0.3) is 6.71 Å². The summed E-state index contributed by atoms with van der Waals surface area (Å²) >= 11 is 0. The molecular formula is C114H107BN4. The molecule has 0 fully saturated rings. The van der Waals surface area contributed by atoms with E-state index in [2.05, 4.69) is 465 Å². The van der Waals surface area contributed by atoms with Crippen molar-refractivity contribution in [3.05, 3.63) is 355 Å². The molecule has 19 rings (SSSR count). The van der Waals surface area contributed by atoms with Gasteiger partial charge in [-0.15, -0.1) is 0 Å². The third-order valence-corrected chi connectivity index (χ3v) is 25.6. The number of benzene rings is 15. The molecule has 0 spiro atoms. The van der Waals surface area contributed by atoms with Gasteiger partial charge in [-0.25, -0.2) is 0 Å². The van der Waals surface area contributed by atoms with Crippen LogP contribution >= 0.6 is 0 Å². The van der Waals surface area contributed by atoms with Gasteiger partial charge in [0.1, 0.15) is 0 Å². The summed E-state index contributed by atoms with van der Waals surface area (Å²) in [6, 6.07) is 125. The summed E-state index contributed by atoms with van der Waals surface area (Å²) in [5.41, 5.74) is 38.0. The first kappa shape index (κ1) is 76.5. The predicted molar refractivity (Wildman–Crippen MR) is 514 cm³/mol. The van der Waals surface area contributed by atoms with Crippen LogP contribution < -0.4 is 26.2 Å². The lowest BCUT2D eigenvalue weighted by molar-refractivity contribution is 0.569. The molecule has 0 saturated carbocycles. The number of hydrogen-bond acceptors (Lipinski definition) is 2. The Kier molecular flexibility index (Phi) is 18.1. The predicted octanol–water partition coefficient (Wildman–Crippen LogP) is 29.8. The van der Waals surface area contributed by atoms with Gasteiger partial charge >= 0.3 is 0 Å². The van der Waals surface area contributed by atoms with Crippen molar-refractivity contribution in [2.24, 2.45) is 0 Å². The molecule has 586 valence electrons. The highest BCUT2D eigenvalue weighted by Gasteiger charge is 2.47. The van der Waals surface area contributed by atoms with Crippen molar-refractivity contribution in [1.29, 1.82) is 0 Å². The molecule has 2 aliphatic heterocycles. The second-order valence-electron chi connectivity index (χ2n) is 39.8. The molecule has 4 nitrogen and oxygen atoms in total. The molecule has 0 N–H and O–H groups in total. The summed E-state index contributed by atoms with van der Waals surface area (Å²) in [7, 11) is 0. The SMILES string of the molecule is CC(C)(C)c1cc(-c2ccc3c(c2)B2c4ccc(-n5c6ccc(C(C)(C)C)cc6c6cc(C(C)(C)C)ccc65)cc4N(c4c(-c5ccccc5)cc(C(C)(C)C)cc4-c4ccccc4)c4cc(-c5cccc6c5c5ccccc5n6-c5ccccc5)cc(c42)N3c2c(-c3ccccc3)cc(C(C)(C)C)cc2-c2ccccc2)cc(C(C)(C)C)c1.